The first-order valence-electron chi connectivity index (χ1n) is 9.20. The van der Waals surface area contributed by atoms with Crippen molar-refractivity contribution >= 4 is 16.7 Å². The highest BCUT2D eigenvalue weighted by Gasteiger charge is 2.24. The van der Waals surface area contributed by atoms with Gasteiger partial charge in [0.05, 0.1) is 12.7 Å². The SMILES string of the molecule is CCCc1c(CCC)c2n(cc[n+]2C)c2nc(C(C)(C)C)ccc12. The lowest BCUT2D eigenvalue weighted by Crippen LogP contribution is -2.28. The minimum absolute atomic E-state index is 0.0584. The predicted molar refractivity (Wildman–Crippen MR) is 101 cm³/mol. The van der Waals surface area contributed by atoms with Gasteiger partial charge in [-0.2, -0.15) is 4.40 Å². The number of fused-ring (bicyclic) bond motifs is 3. The van der Waals surface area contributed by atoms with Crippen molar-refractivity contribution in [1.29, 1.82) is 0 Å². The largest absolute Gasteiger partial charge is 0.291 e. The van der Waals surface area contributed by atoms with Gasteiger partial charge in [0.15, 0.2) is 0 Å². The van der Waals surface area contributed by atoms with Gasteiger partial charge in [-0.1, -0.05) is 47.5 Å². The van der Waals surface area contributed by atoms with E-state index < -0.39 is 0 Å². The highest BCUT2D eigenvalue weighted by Crippen LogP contribution is 2.29. The average Bonchev–Trinajstić information content (AvgIpc) is 2.91. The second-order valence-electron chi connectivity index (χ2n) is 7.88. The van der Waals surface area contributed by atoms with Crippen LogP contribution in [0.4, 0.5) is 0 Å². The van der Waals surface area contributed by atoms with E-state index in [1.807, 2.05) is 0 Å². The molecule has 0 spiro atoms. The minimum Gasteiger partial charge on any atom is -0.233 e. The molecule has 0 fully saturated rings. The van der Waals surface area contributed by atoms with E-state index in [0.717, 1.165) is 37.0 Å². The summed E-state index contributed by atoms with van der Waals surface area (Å²) in [6.45, 7) is 11.2. The molecule has 0 N–H and O–H groups in total. The summed E-state index contributed by atoms with van der Waals surface area (Å²) in [5.41, 5.74) is 6.59. The molecule has 0 aliphatic carbocycles. The van der Waals surface area contributed by atoms with Crippen LogP contribution in [0.5, 0.6) is 0 Å². The van der Waals surface area contributed by atoms with Crippen LogP contribution >= 0.6 is 0 Å². The average molecular weight is 324 g/mol. The van der Waals surface area contributed by atoms with E-state index in [0.29, 0.717) is 0 Å². The molecule has 0 atom stereocenters. The molecule has 0 radical (unpaired) electrons. The Morgan fingerprint density at radius 3 is 2.33 bits per heavy atom. The Kier molecular flexibility index (Phi) is 4.37. The molecule has 3 nitrogen and oxygen atoms in total. The normalized spacial score (nSPS) is 12.4. The predicted octanol–water partition coefficient (Wildman–Crippen LogP) is 4.51. The fraction of sp³-hybridized carbons (Fsp3) is 0.524. The number of aromatic nitrogens is 3. The van der Waals surface area contributed by atoms with Gasteiger partial charge in [0.2, 0.25) is 5.65 Å². The number of aryl methyl sites for hydroxylation is 3. The van der Waals surface area contributed by atoms with E-state index in [-0.39, 0.29) is 5.41 Å². The molecule has 3 heterocycles. The van der Waals surface area contributed by atoms with Gasteiger partial charge in [0.25, 0.3) is 5.65 Å². The summed E-state index contributed by atoms with van der Waals surface area (Å²) in [6.07, 6.45) is 8.86. The zero-order valence-corrected chi connectivity index (χ0v) is 16.0. The van der Waals surface area contributed by atoms with Gasteiger partial charge in [-0.05, 0) is 30.5 Å². The summed E-state index contributed by atoms with van der Waals surface area (Å²) in [6, 6.07) is 4.51. The third kappa shape index (κ3) is 2.70. The number of imidazole rings is 1. The van der Waals surface area contributed by atoms with Crippen LogP contribution in [-0.2, 0) is 25.3 Å². The maximum Gasteiger partial charge on any atom is 0.291 e. The molecule has 0 bridgehead atoms. The molecular weight excluding hydrogens is 294 g/mol. The van der Waals surface area contributed by atoms with Crippen molar-refractivity contribution < 1.29 is 4.57 Å². The summed E-state index contributed by atoms with van der Waals surface area (Å²) in [4.78, 5) is 5.08. The molecule has 3 heteroatoms. The highest BCUT2D eigenvalue weighted by molar-refractivity contribution is 5.84. The molecular formula is C21H30N3+. The second kappa shape index (κ2) is 6.19. The molecule has 3 aromatic rings. The number of nitrogens with zero attached hydrogens (tertiary/aromatic N) is 3. The lowest BCUT2D eigenvalue weighted by molar-refractivity contribution is -0.644. The maximum absolute atomic E-state index is 5.08. The van der Waals surface area contributed by atoms with Gasteiger partial charge in [-0.3, -0.25) is 0 Å². The van der Waals surface area contributed by atoms with Crippen LogP contribution in [0.2, 0.25) is 0 Å². The lowest BCUT2D eigenvalue weighted by atomic mass is 9.90. The van der Waals surface area contributed by atoms with Crippen LogP contribution in [0.3, 0.4) is 0 Å². The molecule has 128 valence electrons. The number of rotatable bonds is 4. The molecule has 0 amide bonds. The summed E-state index contributed by atoms with van der Waals surface area (Å²) < 4.78 is 4.53. The van der Waals surface area contributed by atoms with Crippen LogP contribution in [0.25, 0.3) is 16.7 Å². The van der Waals surface area contributed by atoms with Gasteiger partial charge in [0.1, 0.15) is 12.4 Å². The maximum atomic E-state index is 5.08. The smallest absolute Gasteiger partial charge is 0.233 e. The number of hydrogen-bond acceptors (Lipinski definition) is 1. The van der Waals surface area contributed by atoms with Crippen molar-refractivity contribution in [3.05, 3.63) is 41.3 Å². The highest BCUT2D eigenvalue weighted by atomic mass is 15.1. The lowest BCUT2D eigenvalue weighted by Gasteiger charge is -2.19. The first kappa shape index (κ1) is 16.9. The summed E-state index contributed by atoms with van der Waals surface area (Å²) in [7, 11) is 2.14. The Morgan fingerprint density at radius 2 is 1.71 bits per heavy atom. The molecule has 0 aliphatic heterocycles. The number of hydrogen-bond donors (Lipinski definition) is 0. The Balaban J connectivity index is 2.46. The topological polar surface area (TPSA) is 21.2 Å². The van der Waals surface area contributed by atoms with Crippen LogP contribution in [0.1, 0.15) is 64.3 Å². The summed E-state index contributed by atoms with van der Waals surface area (Å²) in [5.74, 6) is 0. The van der Waals surface area contributed by atoms with Gasteiger partial charge < -0.3 is 0 Å². The zero-order valence-electron chi connectivity index (χ0n) is 16.0. The quantitative estimate of drug-likeness (QED) is 0.647. The Hall–Kier alpha value is -1.90. The standard InChI is InChI=1S/C21H30N3/c1-7-9-15-16-11-12-18(21(3,4)5)22-19(16)24-14-13-23(6)20(24)17(15)10-8-2/h11-14H,7-10H2,1-6H3/q+1. The third-order valence-electron chi connectivity index (χ3n) is 4.83. The van der Waals surface area contributed by atoms with Gasteiger partial charge in [-0.25, -0.2) is 9.55 Å². The Morgan fingerprint density at radius 1 is 1.04 bits per heavy atom. The van der Waals surface area contributed by atoms with E-state index in [1.54, 1.807) is 0 Å². The molecule has 3 aromatic heterocycles. The van der Waals surface area contributed by atoms with E-state index in [4.69, 9.17) is 4.98 Å². The van der Waals surface area contributed by atoms with Crippen LogP contribution in [0, 0.1) is 0 Å². The van der Waals surface area contributed by atoms with Gasteiger partial charge >= 0.3 is 0 Å². The fourth-order valence-electron chi connectivity index (χ4n) is 3.64. The number of pyridine rings is 2. The molecule has 0 saturated heterocycles. The zero-order chi connectivity index (χ0) is 17.5. The van der Waals surface area contributed by atoms with E-state index in [9.17, 15) is 0 Å². The van der Waals surface area contributed by atoms with Crippen molar-refractivity contribution in [1.82, 2.24) is 9.38 Å². The molecule has 0 unspecified atom stereocenters. The monoisotopic (exact) mass is 324 g/mol. The van der Waals surface area contributed by atoms with Crippen molar-refractivity contribution in [2.75, 3.05) is 0 Å². The fourth-order valence-corrected chi connectivity index (χ4v) is 3.64. The van der Waals surface area contributed by atoms with Crippen LogP contribution in [0.15, 0.2) is 24.5 Å². The molecule has 0 aliphatic rings. The Labute approximate surface area is 145 Å². The second-order valence-corrected chi connectivity index (χ2v) is 7.88. The van der Waals surface area contributed by atoms with Gasteiger partial charge in [-0.15, -0.1) is 0 Å². The van der Waals surface area contributed by atoms with E-state index in [2.05, 4.69) is 75.2 Å². The molecule has 24 heavy (non-hydrogen) atoms. The minimum atomic E-state index is 0.0584. The van der Waals surface area contributed by atoms with Crippen LogP contribution < -0.4 is 4.57 Å². The van der Waals surface area contributed by atoms with E-state index in [1.165, 1.54) is 22.2 Å². The van der Waals surface area contributed by atoms with Gasteiger partial charge in [0, 0.05) is 16.4 Å². The van der Waals surface area contributed by atoms with Crippen molar-refractivity contribution in [3.63, 3.8) is 0 Å². The summed E-state index contributed by atoms with van der Waals surface area (Å²) in [5, 5.41) is 1.32. The van der Waals surface area contributed by atoms with Crippen LogP contribution in [-0.4, -0.2) is 9.38 Å². The van der Waals surface area contributed by atoms with Crippen molar-refractivity contribution in [2.24, 2.45) is 7.05 Å². The third-order valence-corrected chi connectivity index (χ3v) is 4.83. The summed E-state index contributed by atoms with van der Waals surface area (Å²) >= 11 is 0. The molecule has 0 saturated carbocycles. The Bertz CT molecular complexity index is 882. The van der Waals surface area contributed by atoms with E-state index >= 15 is 0 Å². The van der Waals surface area contributed by atoms with Crippen molar-refractivity contribution in [2.45, 2.75) is 65.7 Å². The first-order valence-corrected chi connectivity index (χ1v) is 9.20. The first-order chi connectivity index (χ1) is 11.4. The molecule has 0 aromatic carbocycles. The molecule has 3 rings (SSSR count). The van der Waals surface area contributed by atoms with Crippen molar-refractivity contribution in [3.8, 4) is 0 Å².